The number of benzene rings is 2. The standard InChI is InChI=1S/C18H20ClNO/c1-13(9-14-5-4-7-16(19)10-14)20-18-12-21-11-15-6-2-3-8-17(15)18/h2-8,10,13,18,20H,9,11-12H2,1H3. The molecular weight excluding hydrogens is 282 g/mol. The van der Waals surface area contributed by atoms with Crippen molar-refractivity contribution in [3.63, 3.8) is 0 Å². The highest BCUT2D eigenvalue weighted by atomic mass is 35.5. The van der Waals surface area contributed by atoms with Crippen LogP contribution in [-0.4, -0.2) is 12.6 Å². The molecule has 110 valence electrons. The Morgan fingerprint density at radius 1 is 1.24 bits per heavy atom. The van der Waals surface area contributed by atoms with Gasteiger partial charge in [0.05, 0.1) is 19.3 Å². The van der Waals surface area contributed by atoms with Crippen molar-refractivity contribution in [1.29, 1.82) is 0 Å². The molecule has 3 heteroatoms. The second-order valence-electron chi connectivity index (χ2n) is 5.67. The van der Waals surface area contributed by atoms with E-state index in [0.717, 1.165) is 24.7 Å². The third-order valence-corrected chi connectivity index (χ3v) is 4.12. The molecule has 0 radical (unpaired) electrons. The molecular formula is C18H20ClNO. The first-order valence-corrected chi connectivity index (χ1v) is 7.76. The molecule has 0 spiro atoms. The van der Waals surface area contributed by atoms with E-state index in [1.165, 1.54) is 16.7 Å². The van der Waals surface area contributed by atoms with Crippen molar-refractivity contribution in [2.45, 2.75) is 32.0 Å². The summed E-state index contributed by atoms with van der Waals surface area (Å²) in [6.45, 7) is 3.66. The fourth-order valence-corrected chi connectivity index (χ4v) is 3.15. The smallest absolute Gasteiger partial charge is 0.0721 e. The monoisotopic (exact) mass is 301 g/mol. The number of halogens is 1. The van der Waals surface area contributed by atoms with Crippen LogP contribution in [0.25, 0.3) is 0 Å². The summed E-state index contributed by atoms with van der Waals surface area (Å²) >= 11 is 6.05. The van der Waals surface area contributed by atoms with Crippen molar-refractivity contribution in [3.05, 3.63) is 70.2 Å². The third kappa shape index (κ3) is 3.65. The minimum Gasteiger partial charge on any atom is -0.375 e. The zero-order valence-electron chi connectivity index (χ0n) is 12.2. The van der Waals surface area contributed by atoms with Gasteiger partial charge in [-0.3, -0.25) is 0 Å². The first-order valence-electron chi connectivity index (χ1n) is 7.38. The van der Waals surface area contributed by atoms with E-state index in [9.17, 15) is 0 Å². The Morgan fingerprint density at radius 2 is 2.10 bits per heavy atom. The molecule has 0 aliphatic carbocycles. The fraction of sp³-hybridized carbons (Fsp3) is 0.333. The summed E-state index contributed by atoms with van der Waals surface area (Å²) in [6.07, 6.45) is 0.958. The molecule has 1 heterocycles. The normalized spacial score (nSPS) is 19.0. The lowest BCUT2D eigenvalue weighted by Gasteiger charge is -2.29. The highest BCUT2D eigenvalue weighted by Gasteiger charge is 2.21. The van der Waals surface area contributed by atoms with Gasteiger partial charge in [0, 0.05) is 11.1 Å². The Morgan fingerprint density at radius 3 is 2.95 bits per heavy atom. The molecule has 2 atom stereocenters. The maximum atomic E-state index is 6.05. The Bertz CT molecular complexity index is 614. The van der Waals surface area contributed by atoms with E-state index in [2.05, 4.69) is 42.6 Å². The van der Waals surface area contributed by atoms with Crippen LogP contribution in [0, 0.1) is 0 Å². The van der Waals surface area contributed by atoms with Crippen LogP contribution in [0.5, 0.6) is 0 Å². The lowest BCUT2D eigenvalue weighted by atomic mass is 9.97. The van der Waals surface area contributed by atoms with Crippen LogP contribution in [0.1, 0.15) is 29.7 Å². The van der Waals surface area contributed by atoms with Gasteiger partial charge in [-0.15, -0.1) is 0 Å². The number of hydrogen-bond acceptors (Lipinski definition) is 2. The van der Waals surface area contributed by atoms with Gasteiger partial charge in [-0.25, -0.2) is 0 Å². The van der Waals surface area contributed by atoms with Gasteiger partial charge in [-0.2, -0.15) is 0 Å². The minimum atomic E-state index is 0.268. The quantitative estimate of drug-likeness (QED) is 0.917. The molecule has 2 unspecified atom stereocenters. The van der Waals surface area contributed by atoms with Crippen molar-refractivity contribution in [2.75, 3.05) is 6.61 Å². The highest BCUT2D eigenvalue weighted by Crippen LogP contribution is 2.25. The molecule has 2 aromatic rings. The highest BCUT2D eigenvalue weighted by molar-refractivity contribution is 6.30. The van der Waals surface area contributed by atoms with E-state index in [-0.39, 0.29) is 6.04 Å². The van der Waals surface area contributed by atoms with Gasteiger partial charge >= 0.3 is 0 Å². The molecule has 21 heavy (non-hydrogen) atoms. The number of ether oxygens (including phenoxy) is 1. The van der Waals surface area contributed by atoms with Crippen LogP contribution in [0.2, 0.25) is 5.02 Å². The molecule has 3 rings (SSSR count). The molecule has 0 saturated carbocycles. The summed E-state index contributed by atoms with van der Waals surface area (Å²) in [4.78, 5) is 0. The zero-order chi connectivity index (χ0) is 14.7. The molecule has 0 saturated heterocycles. The van der Waals surface area contributed by atoms with Crippen molar-refractivity contribution in [2.24, 2.45) is 0 Å². The van der Waals surface area contributed by atoms with E-state index in [1.807, 2.05) is 18.2 Å². The number of nitrogens with one attached hydrogen (secondary N) is 1. The molecule has 2 nitrogen and oxygen atoms in total. The van der Waals surface area contributed by atoms with Crippen LogP contribution in [-0.2, 0) is 17.8 Å². The summed E-state index contributed by atoms with van der Waals surface area (Å²) in [5.74, 6) is 0. The Labute approximate surface area is 131 Å². The first kappa shape index (κ1) is 14.6. The minimum absolute atomic E-state index is 0.268. The largest absolute Gasteiger partial charge is 0.375 e. The van der Waals surface area contributed by atoms with Gasteiger partial charge < -0.3 is 10.1 Å². The van der Waals surface area contributed by atoms with E-state index >= 15 is 0 Å². The van der Waals surface area contributed by atoms with Crippen molar-refractivity contribution < 1.29 is 4.74 Å². The van der Waals surface area contributed by atoms with E-state index in [1.54, 1.807) is 0 Å². The average Bonchev–Trinajstić information content (AvgIpc) is 2.47. The maximum Gasteiger partial charge on any atom is 0.0721 e. The van der Waals surface area contributed by atoms with E-state index < -0.39 is 0 Å². The number of hydrogen-bond donors (Lipinski definition) is 1. The second kappa shape index (κ2) is 6.61. The summed E-state index contributed by atoms with van der Waals surface area (Å²) in [6, 6.07) is 17.2. The van der Waals surface area contributed by atoms with Crippen molar-refractivity contribution in [3.8, 4) is 0 Å². The topological polar surface area (TPSA) is 21.3 Å². The van der Waals surface area contributed by atoms with Gasteiger partial charge in [0.25, 0.3) is 0 Å². The van der Waals surface area contributed by atoms with Crippen LogP contribution >= 0.6 is 11.6 Å². The molecule has 0 aromatic heterocycles. The lowest BCUT2D eigenvalue weighted by molar-refractivity contribution is 0.0791. The maximum absolute atomic E-state index is 6.05. The summed E-state index contributed by atoms with van der Waals surface area (Å²) in [7, 11) is 0. The van der Waals surface area contributed by atoms with Crippen LogP contribution in [0.15, 0.2) is 48.5 Å². The fourth-order valence-electron chi connectivity index (χ4n) is 2.94. The average molecular weight is 302 g/mol. The lowest BCUT2D eigenvalue weighted by Crippen LogP contribution is -2.36. The molecule has 0 amide bonds. The van der Waals surface area contributed by atoms with Crippen molar-refractivity contribution in [1.82, 2.24) is 5.32 Å². The molecule has 0 fully saturated rings. The summed E-state index contributed by atoms with van der Waals surface area (Å²) in [5.41, 5.74) is 3.91. The number of rotatable bonds is 4. The SMILES string of the molecule is CC(Cc1cccc(Cl)c1)NC1COCc2ccccc21. The second-order valence-corrected chi connectivity index (χ2v) is 6.10. The van der Waals surface area contributed by atoms with Crippen molar-refractivity contribution >= 4 is 11.6 Å². The van der Waals surface area contributed by atoms with E-state index in [4.69, 9.17) is 16.3 Å². The molecule has 0 bridgehead atoms. The van der Waals surface area contributed by atoms with Gasteiger partial charge in [-0.1, -0.05) is 48.0 Å². The molecule has 1 aliphatic heterocycles. The van der Waals surface area contributed by atoms with E-state index in [0.29, 0.717) is 6.04 Å². The molecule has 2 aromatic carbocycles. The van der Waals surface area contributed by atoms with Crippen LogP contribution in [0.4, 0.5) is 0 Å². The summed E-state index contributed by atoms with van der Waals surface area (Å²) in [5, 5.41) is 4.47. The Hall–Kier alpha value is -1.35. The van der Waals surface area contributed by atoms with Crippen LogP contribution in [0.3, 0.4) is 0 Å². The van der Waals surface area contributed by atoms with Gasteiger partial charge in [-0.05, 0) is 42.2 Å². The van der Waals surface area contributed by atoms with Gasteiger partial charge in [0.15, 0.2) is 0 Å². The molecule has 1 N–H and O–H groups in total. The predicted octanol–water partition coefficient (Wildman–Crippen LogP) is 4.13. The number of fused-ring (bicyclic) bond motifs is 1. The first-order chi connectivity index (χ1) is 10.2. The van der Waals surface area contributed by atoms with Gasteiger partial charge in [0.2, 0.25) is 0 Å². The predicted molar refractivity (Wildman–Crippen MR) is 86.6 cm³/mol. The summed E-state index contributed by atoms with van der Waals surface area (Å²) < 4.78 is 5.70. The zero-order valence-corrected chi connectivity index (χ0v) is 12.9. The van der Waals surface area contributed by atoms with Gasteiger partial charge in [0.1, 0.15) is 0 Å². The molecule has 1 aliphatic rings. The Balaban J connectivity index is 1.67. The third-order valence-electron chi connectivity index (χ3n) is 3.89. The van der Waals surface area contributed by atoms with Crippen LogP contribution < -0.4 is 5.32 Å². The Kier molecular flexibility index (Phi) is 4.59.